The van der Waals surface area contributed by atoms with Crippen molar-refractivity contribution in [2.75, 3.05) is 6.61 Å². The van der Waals surface area contributed by atoms with Crippen molar-refractivity contribution in [3.8, 4) is 11.5 Å². The molecule has 3 aromatic rings. The Kier molecular flexibility index (Phi) is 7.05. The lowest BCUT2D eigenvalue weighted by atomic mass is 10.1. The van der Waals surface area contributed by atoms with E-state index in [1.165, 1.54) is 0 Å². The molecule has 6 nitrogen and oxygen atoms in total. The van der Waals surface area contributed by atoms with E-state index in [1.54, 1.807) is 30.3 Å². The molecule has 0 unspecified atom stereocenters. The van der Waals surface area contributed by atoms with Crippen LogP contribution in [0.5, 0.6) is 11.5 Å². The summed E-state index contributed by atoms with van der Waals surface area (Å²) >= 11 is 0. The zero-order valence-electron chi connectivity index (χ0n) is 17.0. The molecule has 0 atom stereocenters. The molecule has 0 aliphatic heterocycles. The highest BCUT2D eigenvalue weighted by Gasteiger charge is 2.13. The van der Waals surface area contributed by atoms with Crippen LogP contribution in [0.15, 0.2) is 72.8 Å². The number of carbonyl (C=O) groups is 2. The van der Waals surface area contributed by atoms with E-state index in [1.807, 2.05) is 56.3 Å². The summed E-state index contributed by atoms with van der Waals surface area (Å²) in [6, 6.07) is 22.1. The predicted molar refractivity (Wildman–Crippen MR) is 114 cm³/mol. The number of rotatable bonds is 7. The lowest BCUT2D eigenvalue weighted by molar-refractivity contribution is -0.123. The van der Waals surface area contributed by atoms with Crippen LogP contribution in [0.2, 0.25) is 0 Å². The summed E-state index contributed by atoms with van der Waals surface area (Å²) in [5.74, 6) is 0.0844. The van der Waals surface area contributed by atoms with Gasteiger partial charge in [-0.1, -0.05) is 48.5 Å². The van der Waals surface area contributed by atoms with Crippen molar-refractivity contribution in [2.45, 2.75) is 20.5 Å². The Morgan fingerprint density at radius 1 is 0.800 bits per heavy atom. The molecule has 3 rings (SSSR count). The van der Waals surface area contributed by atoms with Gasteiger partial charge in [0.15, 0.2) is 6.61 Å². The summed E-state index contributed by atoms with van der Waals surface area (Å²) in [6.07, 6.45) is 0. The quantitative estimate of drug-likeness (QED) is 0.589. The fourth-order valence-corrected chi connectivity index (χ4v) is 2.70. The van der Waals surface area contributed by atoms with E-state index < -0.39 is 11.8 Å². The van der Waals surface area contributed by atoms with E-state index in [2.05, 4.69) is 10.9 Å². The molecule has 0 aromatic heterocycles. The topological polar surface area (TPSA) is 76.7 Å². The lowest BCUT2D eigenvalue weighted by Crippen LogP contribution is -2.43. The monoisotopic (exact) mass is 404 g/mol. The van der Waals surface area contributed by atoms with Gasteiger partial charge >= 0.3 is 0 Å². The van der Waals surface area contributed by atoms with Crippen LogP contribution in [0.3, 0.4) is 0 Å². The summed E-state index contributed by atoms with van der Waals surface area (Å²) in [5.41, 5.74) is 8.29. The summed E-state index contributed by atoms with van der Waals surface area (Å²) in [5, 5.41) is 0. The van der Waals surface area contributed by atoms with Gasteiger partial charge < -0.3 is 9.47 Å². The molecule has 0 fully saturated rings. The van der Waals surface area contributed by atoms with Crippen molar-refractivity contribution in [1.29, 1.82) is 0 Å². The van der Waals surface area contributed by atoms with Crippen molar-refractivity contribution in [3.05, 3.63) is 95.1 Å². The molecule has 0 spiro atoms. The summed E-state index contributed by atoms with van der Waals surface area (Å²) in [7, 11) is 0. The Hall–Kier alpha value is -3.80. The third-order valence-corrected chi connectivity index (χ3v) is 4.53. The number of hydrogen-bond acceptors (Lipinski definition) is 4. The van der Waals surface area contributed by atoms with E-state index in [-0.39, 0.29) is 6.61 Å². The van der Waals surface area contributed by atoms with Gasteiger partial charge in [-0.05, 0) is 54.8 Å². The van der Waals surface area contributed by atoms with E-state index >= 15 is 0 Å². The van der Waals surface area contributed by atoms with Gasteiger partial charge in [0.1, 0.15) is 18.1 Å². The Labute approximate surface area is 175 Å². The zero-order valence-corrected chi connectivity index (χ0v) is 17.0. The average Bonchev–Trinajstić information content (AvgIpc) is 2.77. The normalized spacial score (nSPS) is 10.2. The van der Waals surface area contributed by atoms with Gasteiger partial charge in [0.25, 0.3) is 11.8 Å². The molecule has 0 bridgehead atoms. The molecular formula is C24H24N2O4. The van der Waals surface area contributed by atoms with Gasteiger partial charge in [0.05, 0.1) is 5.56 Å². The smallest absolute Gasteiger partial charge is 0.276 e. The highest BCUT2D eigenvalue weighted by Crippen LogP contribution is 2.19. The van der Waals surface area contributed by atoms with Crippen LogP contribution >= 0.6 is 0 Å². The number of benzene rings is 3. The Balaban J connectivity index is 1.51. The summed E-state index contributed by atoms with van der Waals surface area (Å²) in [4.78, 5) is 24.5. The first-order valence-electron chi connectivity index (χ1n) is 9.58. The van der Waals surface area contributed by atoms with E-state index in [9.17, 15) is 9.59 Å². The maximum atomic E-state index is 12.5. The van der Waals surface area contributed by atoms with Crippen molar-refractivity contribution in [3.63, 3.8) is 0 Å². The van der Waals surface area contributed by atoms with Crippen molar-refractivity contribution >= 4 is 11.8 Å². The second kappa shape index (κ2) is 10.1. The second-order valence-corrected chi connectivity index (χ2v) is 6.81. The van der Waals surface area contributed by atoms with Gasteiger partial charge in [-0.15, -0.1) is 0 Å². The molecule has 0 aliphatic carbocycles. The van der Waals surface area contributed by atoms with E-state index in [4.69, 9.17) is 9.47 Å². The molecule has 0 aliphatic rings. The first-order chi connectivity index (χ1) is 14.5. The first-order valence-corrected chi connectivity index (χ1v) is 9.58. The minimum atomic E-state index is -0.474. The molecule has 0 heterocycles. The van der Waals surface area contributed by atoms with Crippen LogP contribution in [-0.4, -0.2) is 18.4 Å². The van der Waals surface area contributed by atoms with Crippen LogP contribution in [-0.2, 0) is 11.4 Å². The molecule has 30 heavy (non-hydrogen) atoms. The Morgan fingerprint density at radius 2 is 1.53 bits per heavy atom. The van der Waals surface area contributed by atoms with Crippen molar-refractivity contribution in [1.82, 2.24) is 10.9 Å². The van der Waals surface area contributed by atoms with Crippen molar-refractivity contribution < 1.29 is 19.1 Å². The second-order valence-electron chi connectivity index (χ2n) is 6.81. The number of para-hydroxylation sites is 1. The molecule has 3 aromatic carbocycles. The standard InChI is InChI=1S/C24H24N2O4/c1-17-12-13-20(14-18(17)2)29-16-23(27)25-26-24(28)21-10-6-7-11-22(21)30-15-19-8-4-3-5-9-19/h3-14H,15-16H2,1-2H3,(H,25,27)(H,26,28). The first kappa shape index (κ1) is 20.9. The molecule has 0 saturated heterocycles. The van der Waals surface area contributed by atoms with Gasteiger partial charge in [0.2, 0.25) is 0 Å². The largest absolute Gasteiger partial charge is 0.488 e. The minimum Gasteiger partial charge on any atom is -0.488 e. The molecule has 2 N–H and O–H groups in total. The molecule has 154 valence electrons. The van der Waals surface area contributed by atoms with E-state index in [0.29, 0.717) is 23.7 Å². The highest BCUT2D eigenvalue weighted by molar-refractivity contribution is 5.97. The summed E-state index contributed by atoms with van der Waals surface area (Å²) in [6.45, 7) is 4.10. The zero-order chi connectivity index (χ0) is 21.3. The van der Waals surface area contributed by atoms with Crippen LogP contribution in [0, 0.1) is 13.8 Å². The van der Waals surface area contributed by atoms with Gasteiger partial charge in [0, 0.05) is 0 Å². The summed E-state index contributed by atoms with van der Waals surface area (Å²) < 4.78 is 11.2. The van der Waals surface area contributed by atoms with Crippen molar-refractivity contribution in [2.24, 2.45) is 0 Å². The highest BCUT2D eigenvalue weighted by atomic mass is 16.5. The van der Waals surface area contributed by atoms with E-state index in [0.717, 1.165) is 16.7 Å². The fourth-order valence-electron chi connectivity index (χ4n) is 2.70. The average molecular weight is 404 g/mol. The number of aryl methyl sites for hydroxylation is 2. The SMILES string of the molecule is Cc1ccc(OCC(=O)NNC(=O)c2ccccc2OCc2ccccc2)cc1C. The van der Waals surface area contributed by atoms with Gasteiger partial charge in [-0.25, -0.2) is 0 Å². The molecule has 0 saturated carbocycles. The number of ether oxygens (including phenoxy) is 2. The Bertz CT molecular complexity index is 1020. The lowest BCUT2D eigenvalue weighted by Gasteiger charge is -2.13. The van der Waals surface area contributed by atoms with Crippen LogP contribution in [0.1, 0.15) is 27.0 Å². The Morgan fingerprint density at radius 3 is 2.30 bits per heavy atom. The number of nitrogens with one attached hydrogen (secondary N) is 2. The number of amides is 2. The maximum absolute atomic E-state index is 12.5. The maximum Gasteiger partial charge on any atom is 0.276 e. The number of hydrogen-bond donors (Lipinski definition) is 2. The predicted octanol–water partition coefficient (Wildman–Crippen LogP) is 3.72. The molecular weight excluding hydrogens is 380 g/mol. The molecule has 2 amide bonds. The van der Waals surface area contributed by atoms with Gasteiger partial charge in [-0.3, -0.25) is 20.4 Å². The molecule has 0 radical (unpaired) electrons. The van der Waals surface area contributed by atoms with Gasteiger partial charge in [-0.2, -0.15) is 0 Å². The van der Waals surface area contributed by atoms with Crippen LogP contribution in [0.25, 0.3) is 0 Å². The minimum absolute atomic E-state index is 0.213. The number of carbonyl (C=O) groups excluding carboxylic acids is 2. The fraction of sp³-hybridized carbons (Fsp3) is 0.167. The van der Waals surface area contributed by atoms with Crippen LogP contribution < -0.4 is 20.3 Å². The van der Waals surface area contributed by atoms with Crippen LogP contribution in [0.4, 0.5) is 0 Å². The molecule has 6 heteroatoms. The third-order valence-electron chi connectivity index (χ3n) is 4.53. The third kappa shape index (κ3) is 5.85. The number of hydrazine groups is 1.